The third kappa shape index (κ3) is 5.75. The van der Waals surface area contributed by atoms with Crippen molar-refractivity contribution >= 4 is 11.8 Å². The van der Waals surface area contributed by atoms with E-state index in [9.17, 15) is 24.9 Å². The van der Waals surface area contributed by atoms with Gasteiger partial charge in [-0.15, -0.1) is 0 Å². The number of hydrogen-bond acceptors (Lipinski definition) is 7. The molecule has 4 unspecified atom stereocenters. The number of carbonyl (C=O) groups is 2. The fourth-order valence-electron chi connectivity index (χ4n) is 5.96. The number of hydrogen-bond donors (Lipinski definition) is 4. The molecule has 1 fully saturated rings. The SMILES string of the molecule is COc1cc(CO)cc2c1OC1C2C(C(=O)NCCO)=CC(N(CC2CCCCC2)C(=O)C=C(C)C)C1O. The van der Waals surface area contributed by atoms with Crippen molar-refractivity contribution in [2.75, 3.05) is 26.8 Å². The number of carbonyl (C=O) groups excluding carboxylic acids is 2. The highest BCUT2D eigenvalue weighted by Crippen LogP contribution is 2.51. The van der Waals surface area contributed by atoms with E-state index in [2.05, 4.69) is 5.32 Å². The first-order valence-electron chi connectivity index (χ1n) is 13.5. The minimum Gasteiger partial charge on any atom is -0.493 e. The summed E-state index contributed by atoms with van der Waals surface area (Å²) in [4.78, 5) is 28.6. The second-order valence-electron chi connectivity index (χ2n) is 10.7. The first kappa shape index (κ1) is 28.1. The Morgan fingerprint density at radius 2 is 1.92 bits per heavy atom. The summed E-state index contributed by atoms with van der Waals surface area (Å²) in [6, 6.07) is 2.65. The Labute approximate surface area is 224 Å². The van der Waals surface area contributed by atoms with E-state index in [0.717, 1.165) is 31.3 Å². The number of methoxy groups -OCH3 is 1. The maximum Gasteiger partial charge on any atom is 0.247 e. The number of benzene rings is 1. The monoisotopic (exact) mass is 528 g/mol. The quantitative estimate of drug-likeness (QED) is 0.362. The highest BCUT2D eigenvalue weighted by atomic mass is 16.5. The molecule has 9 heteroatoms. The largest absolute Gasteiger partial charge is 0.493 e. The van der Waals surface area contributed by atoms with Gasteiger partial charge in [-0.05, 0) is 56.4 Å². The summed E-state index contributed by atoms with van der Waals surface area (Å²) in [7, 11) is 1.50. The van der Waals surface area contributed by atoms with Crippen molar-refractivity contribution in [1.82, 2.24) is 10.2 Å². The van der Waals surface area contributed by atoms with E-state index in [1.165, 1.54) is 13.5 Å². The number of allylic oxidation sites excluding steroid dienone is 1. The van der Waals surface area contributed by atoms with Gasteiger partial charge in [-0.2, -0.15) is 0 Å². The number of nitrogens with one attached hydrogen (secondary N) is 1. The fraction of sp³-hybridized carbons (Fsp3) is 0.586. The van der Waals surface area contributed by atoms with Gasteiger partial charge in [0.15, 0.2) is 11.5 Å². The zero-order valence-electron chi connectivity index (χ0n) is 22.5. The van der Waals surface area contributed by atoms with Crippen molar-refractivity contribution in [1.29, 1.82) is 0 Å². The molecule has 9 nitrogen and oxygen atoms in total. The van der Waals surface area contributed by atoms with Crippen molar-refractivity contribution in [3.63, 3.8) is 0 Å². The third-order valence-corrected chi connectivity index (χ3v) is 7.73. The van der Waals surface area contributed by atoms with Crippen molar-refractivity contribution < 1.29 is 34.4 Å². The summed E-state index contributed by atoms with van der Waals surface area (Å²) in [5, 5.41) is 33.6. The summed E-state index contributed by atoms with van der Waals surface area (Å²) in [6.45, 7) is 3.81. The Hall–Kier alpha value is -2.88. The molecule has 0 spiro atoms. The number of ether oxygens (including phenoxy) is 2. The zero-order chi connectivity index (χ0) is 27.4. The Morgan fingerprint density at radius 3 is 2.55 bits per heavy atom. The lowest BCUT2D eigenvalue weighted by molar-refractivity contribution is -0.133. The van der Waals surface area contributed by atoms with Gasteiger partial charge in [-0.1, -0.05) is 24.8 Å². The number of rotatable bonds is 9. The van der Waals surface area contributed by atoms with E-state index >= 15 is 0 Å². The molecule has 4 rings (SSSR count). The predicted molar refractivity (Wildman–Crippen MR) is 142 cm³/mol. The average molecular weight is 529 g/mol. The molecule has 4 N–H and O–H groups in total. The van der Waals surface area contributed by atoms with Gasteiger partial charge in [-0.3, -0.25) is 9.59 Å². The number of nitrogens with zero attached hydrogens (tertiary/aromatic N) is 1. The van der Waals surface area contributed by atoms with Crippen molar-refractivity contribution in [2.45, 2.75) is 76.7 Å². The molecule has 0 saturated heterocycles. The van der Waals surface area contributed by atoms with Gasteiger partial charge < -0.3 is 35.0 Å². The zero-order valence-corrected chi connectivity index (χ0v) is 22.5. The lowest BCUT2D eigenvalue weighted by Crippen LogP contribution is -2.56. The molecule has 1 saturated carbocycles. The van der Waals surface area contributed by atoms with E-state index in [-0.39, 0.29) is 25.7 Å². The minimum absolute atomic E-state index is 0.0664. The van der Waals surface area contributed by atoms with Crippen LogP contribution in [0.25, 0.3) is 0 Å². The maximum atomic E-state index is 13.5. The van der Waals surface area contributed by atoms with Crippen LogP contribution in [-0.4, -0.2) is 77.1 Å². The molecule has 208 valence electrons. The van der Waals surface area contributed by atoms with Crippen LogP contribution in [0.5, 0.6) is 11.5 Å². The van der Waals surface area contributed by atoms with Gasteiger partial charge in [0.05, 0.1) is 32.3 Å². The van der Waals surface area contributed by atoms with E-state index in [1.807, 2.05) is 13.8 Å². The first-order valence-corrected chi connectivity index (χ1v) is 13.5. The van der Waals surface area contributed by atoms with Crippen LogP contribution in [0.15, 0.2) is 35.4 Å². The molecule has 1 heterocycles. The second kappa shape index (κ2) is 12.3. The number of amides is 2. The van der Waals surface area contributed by atoms with Crippen LogP contribution >= 0.6 is 0 Å². The van der Waals surface area contributed by atoms with Crippen LogP contribution in [-0.2, 0) is 16.2 Å². The van der Waals surface area contributed by atoms with Gasteiger partial charge in [-0.25, -0.2) is 0 Å². The molecule has 3 aliphatic rings. The highest BCUT2D eigenvalue weighted by molar-refractivity contribution is 5.96. The average Bonchev–Trinajstić information content (AvgIpc) is 3.30. The highest BCUT2D eigenvalue weighted by Gasteiger charge is 2.51. The Balaban J connectivity index is 1.79. The number of aliphatic hydroxyl groups is 3. The molecular formula is C29H40N2O7. The van der Waals surface area contributed by atoms with Crippen LogP contribution in [0.3, 0.4) is 0 Å². The van der Waals surface area contributed by atoms with Gasteiger partial charge >= 0.3 is 0 Å². The Morgan fingerprint density at radius 1 is 1.18 bits per heavy atom. The molecule has 1 aromatic rings. The van der Waals surface area contributed by atoms with Gasteiger partial charge in [0, 0.05) is 30.3 Å². The fourth-order valence-corrected chi connectivity index (χ4v) is 5.96. The third-order valence-electron chi connectivity index (χ3n) is 7.73. The summed E-state index contributed by atoms with van der Waals surface area (Å²) >= 11 is 0. The van der Waals surface area contributed by atoms with Gasteiger partial charge in [0.1, 0.15) is 12.2 Å². The lowest BCUT2D eigenvalue weighted by atomic mass is 9.76. The standard InChI is InChI=1S/C29H40N2O7/c1-17(2)11-24(34)31(15-18-7-5-4-6-8-18)22-14-21(29(36)30-9-10-32)25-20-12-19(16-33)13-23(37-3)27(20)38-28(25)26(22)35/h11-14,18,22,25-26,28,32-33,35H,4-10,15-16H2,1-3H3,(H,30,36). The van der Waals surface area contributed by atoms with E-state index < -0.39 is 30.1 Å². The van der Waals surface area contributed by atoms with Crippen LogP contribution in [0, 0.1) is 5.92 Å². The molecule has 2 amide bonds. The number of fused-ring (bicyclic) bond motifs is 3. The molecule has 38 heavy (non-hydrogen) atoms. The molecule has 1 aliphatic heterocycles. The molecule has 0 aromatic heterocycles. The molecule has 2 aliphatic carbocycles. The van der Waals surface area contributed by atoms with Crippen LogP contribution in [0.1, 0.15) is 63.0 Å². The van der Waals surface area contributed by atoms with Crippen LogP contribution < -0.4 is 14.8 Å². The molecule has 1 aromatic carbocycles. The Bertz CT molecular complexity index is 1090. The van der Waals surface area contributed by atoms with E-state index in [4.69, 9.17) is 9.47 Å². The Kier molecular flexibility index (Phi) is 9.12. The molecule has 0 bridgehead atoms. The first-order chi connectivity index (χ1) is 18.3. The minimum atomic E-state index is -1.11. The number of aliphatic hydroxyl groups excluding tert-OH is 3. The van der Waals surface area contributed by atoms with Crippen LogP contribution in [0.2, 0.25) is 0 Å². The smallest absolute Gasteiger partial charge is 0.247 e. The molecule has 0 radical (unpaired) electrons. The predicted octanol–water partition coefficient (Wildman–Crippen LogP) is 2.19. The summed E-state index contributed by atoms with van der Waals surface area (Å²) in [5.41, 5.74) is 2.43. The van der Waals surface area contributed by atoms with Gasteiger partial charge in [0.2, 0.25) is 11.8 Å². The van der Waals surface area contributed by atoms with E-state index in [1.54, 1.807) is 29.2 Å². The summed E-state index contributed by atoms with van der Waals surface area (Å²) in [6.07, 6.45) is 6.76. The summed E-state index contributed by atoms with van der Waals surface area (Å²) in [5.74, 6) is -0.111. The second-order valence-corrected chi connectivity index (χ2v) is 10.7. The lowest BCUT2D eigenvalue weighted by Gasteiger charge is -2.42. The normalized spacial score (nSPS) is 24.4. The van der Waals surface area contributed by atoms with Crippen molar-refractivity contribution in [3.05, 3.63) is 46.6 Å². The molecule has 4 atom stereocenters. The van der Waals surface area contributed by atoms with Crippen molar-refractivity contribution in [2.24, 2.45) is 5.92 Å². The van der Waals surface area contributed by atoms with Gasteiger partial charge in [0.25, 0.3) is 0 Å². The summed E-state index contributed by atoms with van der Waals surface area (Å²) < 4.78 is 11.8. The van der Waals surface area contributed by atoms with Crippen molar-refractivity contribution in [3.8, 4) is 11.5 Å². The van der Waals surface area contributed by atoms with Crippen LogP contribution in [0.4, 0.5) is 0 Å². The topological polar surface area (TPSA) is 129 Å². The maximum absolute atomic E-state index is 13.5. The van der Waals surface area contributed by atoms with E-state index in [0.29, 0.717) is 40.7 Å². The molecular weight excluding hydrogens is 488 g/mol.